The van der Waals surface area contributed by atoms with Crippen LogP contribution in [0.5, 0.6) is 0 Å². The first-order valence-corrected chi connectivity index (χ1v) is 3.45. The molecule has 0 amide bonds. The molecule has 0 aliphatic heterocycles. The number of hydrogen-bond donors (Lipinski definition) is 1. The fourth-order valence-electron chi connectivity index (χ4n) is 0.774. The van der Waals surface area contributed by atoms with Gasteiger partial charge in [0, 0.05) is 21.2 Å². The van der Waals surface area contributed by atoms with Crippen molar-refractivity contribution in [3.8, 4) is 0 Å². The summed E-state index contributed by atoms with van der Waals surface area (Å²) in [5.74, 6) is -0.467. The lowest BCUT2D eigenvalue weighted by atomic mass is 10.2. The van der Waals surface area contributed by atoms with Crippen LogP contribution in [0.2, 0.25) is 5.02 Å². The first-order chi connectivity index (χ1) is 6.38. The predicted octanol–water partition coefficient (Wildman–Crippen LogP) is 2.20. The summed E-state index contributed by atoms with van der Waals surface area (Å²) < 4.78 is 33.7. The zero-order valence-corrected chi connectivity index (χ0v) is 6.45. The average molecular weight is 177 g/mol. The largest absolute Gasteiger partial charge is 0.316 e. The molecule has 0 saturated heterocycles. The molecule has 0 saturated carbocycles. The maximum absolute atomic E-state index is 13.1. The molecule has 0 aliphatic carbocycles. The highest BCUT2D eigenvalue weighted by molar-refractivity contribution is 6.30. The van der Waals surface area contributed by atoms with Gasteiger partial charge in [-0.2, -0.15) is 0 Å². The molecule has 1 aromatic carbocycles. The lowest BCUT2D eigenvalue weighted by Gasteiger charge is -2.01. The number of rotatable bonds is 2. The summed E-state index contributed by atoms with van der Waals surface area (Å²) in [4.78, 5) is 0. The van der Waals surface area contributed by atoms with Crippen molar-refractivity contribution in [2.24, 2.45) is 0 Å². The molecule has 11 heavy (non-hydrogen) atoms. The molecule has 0 unspecified atom stereocenters. The molecule has 1 nitrogen and oxygen atoms in total. The summed E-state index contributed by atoms with van der Waals surface area (Å²) >= 11 is 5.63. The molecule has 0 aromatic heterocycles. The van der Waals surface area contributed by atoms with Gasteiger partial charge in [0.2, 0.25) is 0 Å². The summed E-state index contributed by atoms with van der Waals surface area (Å²) in [5, 5.41) is 2.59. The number of nitrogens with one attached hydrogen (secondary N) is 1. The van der Waals surface area contributed by atoms with Crippen LogP contribution in [0.3, 0.4) is 0 Å². The molecule has 1 aromatic rings. The van der Waals surface area contributed by atoms with Crippen molar-refractivity contribution in [3.05, 3.63) is 34.6 Å². The quantitative estimate of drug-likeness (QED) is 0.729. The zero-order valence-electron chi connectivity index (χ0n) is 8.70. The minimum Gasteiger partial charge on any atom is -0.316 e. The van der Waals surface area contributed by atoms with Gasteiger partial charge < -0.3 is 5.32 Å². The predicted molar refractivity (Wildman–Crippen MR) is 44.2 cm³/mol. The minimum absolute atomic E-state index is 0.0666. The molecule has 0 fully saturated rings. The maximum Gasteiger partial charge on any atom is 0.127 e. The second kappa shape index (κ2) is 3.69. The van der Waals surface area contributed by atoms with Crippen molar-refractivity contribution < 1.29 is 8.50 Å². The minimum atomic E-state index is -2.27. The molecule has 0 atom stereocenters. The van der Waals surface area contributed by atoms with Gasteiger partial charge in [-0.1, -0.05) is 11.6 Å². The molecule has 1 N–H and O–H groups in total. The van der Waals surface area contributed by atoms with Crippen LogP contribution >= 0.6 is 11.6 Å². The topological polar surface area (TPSA) is 12.0 Å². The number of hydrogen-bond acceptors (Lipinski definition) is 1. The Balaban J connectivity index is 2.72. The number of benzene rings is 1. The fraction of sp³-hybridized carbons (Fsp3) is 0.250. The van der Waals surface area contributed by atoms with Gasteiger partial charge in [-0.3, -0.25) is 0 Å². The normalized spacial score (nSPS) is 15.3. The Kier molecular flexibility index (Phi) is 1.72. The van der Waals surface area contributed by atoms with Crippen LogP contribution in [-0.4, -0.2) is 6.98 Å². The Bertz CT molecular complexity index is 327. The first kappa shape index (κ1) is 5.12. The molecule has 0 bridgehead atoms. The molecular weight excluding hydrogens is 165 g/mol. The lowest BCUT2D eigenvalue weighted by Crippen LogP contribution is -2.06. The van der Waals surface area contributed by atoms with Crippen molar-refractivity contribution in [1.29, 1.82) is 0 Å². The smallest absolute Gasteiger partial charge is 0.127 e. The Morgan fingerprint density at radius 1 is 1.73 bits per heavy atom. The average Bonchev–Trinajstić information content (AvgIpc) is 2.05. The summed E-state index contributed by atoms with van der Waals surface area (Å²) in [6.45, 7) is -2.34. The fourth-order valence-corrected chi connectivity index (χ4v) is 0.969. The van der Waals surface area contributed by atoms with Crippen molar-refractivity contribution in [1.82, 2.24) is 5.32 Å². The van der Waals surface area contributed by atoms with Gasteiger partial charge in [0.1, 0.15) is 5.82 Å². The lowest BCUT2D eigenvalue weighted by molar-refractivity contribution is 0.601. The molecule has 0 radical (unpaired) electrons. The third-order valence-corrected chi connectivity index (χ3v) is 1.52. The standard InChI is InChI=1S/C8H9ClFN/c1-11-5-6-4-7(9)2-3-8(6)10/h2-4,11H,5H2,1H3/i1D3. The van der Waals surface area contributed by atoms with Crippen LogP contribution in [0, 0.1) is 5.82 Å². The Morgan fingerprint density at radius 3 is 3.27 bits per heavy atom. The van der Waals surface area contributed by atoms with E-state index in [0.717, 1.165) is 0 Å². The summed E-state index contributed by atoms with van der Waals surface area (Å²) in [6, 6.07) is 4.02. The van der Waals surface area contributed by atoms with Gasteiger partial charge in [0.15, 0.2) is 0 Å². The van der Waals surface area contributed by atoms with Gasteiger partial charge in [0.25, 0.3) is 0 Å². The van der Waals surface area contributed by atoms with E-state index in [0.29, 0.717) is 5.02 Å². The second-order valence-corrected chi connectivity index (χ2v) is 2.53. The maximum atomic E-state index is 13.1. The van der Waals surface area contributed by atoms with Crippen LogP contribution < -0.4 is 5.32 Å². The first-order valence-electron chi connectivity index (χ1n) is 4.57. The Hall–Kier alpha value is -0.600. The SMILES string of the molecule is [2H]C([2H])([2H])NCc1cc(Cl)ccc1F. The van der Waals surface area contributed by atoms with E-state index < -0.39 is 12.8 Å². The van der Waals surface area contributed by atoms with Crippen LogP contribution in [0.15, 0.2) is 18.2 Å². The second-order valence-electron chi connectivity index (χ2n) is 2.09. The van der Waals surface area contributed by atoms with E-state index in [-0.39, 0.29) is 12.1 Å². The third-order valence-electron chi connectivity index (χ3n) is 1.29. The van der Waals surface area contributed by atoms with E-state index in [1.54, 1.807) is 0 Å². The zero-order chi connectivity index (χ0) is 10.8. The number of halogens is 2. The molecule has 0 aliphatic rings. The van der Waals surface area contributed by atoms with Crippen LogP contribution in [0.25, 0.3) is 0 Å². The summed E-state index contributed by atoms with van der Waals surface area (Å²) in [5.41, 5.74) is 0.244. The van der Waals surface area contributed by atoms with Crippen molar-refractivity contribution in [2.75, 3.05) is 6.98 Å². The van der Waals surface area contributed by atoms with E-state index in [1.165, 1.54) is 18.2 Å². The molecule has 0 spiro atoms. The van der Waals surface area contributed by atoms with Gasteiger partial charge in [0.05, 0.1) is 0 Å². The summed E-state index contributed by atoms with van der Waals surface area (Å²) in [7, 11) is 0. The third kappa shape index (κ3) is 2.17. The van der Waals surface area contributed by atoms with Gasteiger partial charge in [-0.25, -0.2) is 4.39 Å². The van der Waals surface area contributed by atoms with Crippen LogP contribution in [0.4, 0.5) is 4.39 Å². The highest BCUT2D eigenvalue weighted by Gasteiger charge is 2.00. The van der Waals surface area contributed by atoms with Gasteiger partial charge >= 0.3 is 0 Å². The highest BCUT2D eigenvalue weighted by atomic mass is 35.5. The van der Waals surface area contributed by atoms with Gasteiger partial charge in [-0.15, -0.1) is 0 Å². The van der Waals surface area contributed by atoms with Crippen molar-refractivity contribution in [3.63, 3.8) is 0 Å². The van der Waals surface area contributed by atoms with E-state index in [1.807, 2.05) is 0 Å². The van der Waals surface area contributed by atoms with Crippen LogP contribution in [0.1, 0.15) is 9.68 Å². The Labute approximate surface area is 74.4 Å². The van der Waals surface area contributed by atoms with E-state index in [2.05, 4.69) is 5.32 Å². The van der Waals surface area contributed by atoms with Crippen LogP contribution in [-0.2, 0) is 6.54 Å². The van der Waals surface area contributed by atoms with E-state index >= 15 is 0 Å². The molecule has 1 rings (SSSR count). The Morgan fingerprint density at radius 2 is 2.55 bits per heavy atom. The molecule has 60 valence electrons. The van der Waals surface area contributed by atoms with E-state index in [4.69, 9.17) is 15.7 Å². The molecular formula is C8H9ClFN. The molecule has 0 heterocycles. The van der Waals surface area contributed by atoms with Gasteiger partial charge in [-0.05, 0) is 25.2 Å². The summed E-state index contributed by atoms with van der Waals surface area (Å²) in [6.07, 6.45) is 0. The van der Waals surface area contributed by atoms with E-state index in [9.17, 15) is 4.39 Å². The monoisotopic (exact) mass is 176 g/mol. The van der Waals surface area contributed by atoms with Crippen molar-refractivity contribution in [2.45, 2.75) is 6.54 Å². The van der Waals surface area contributed by atoms with Crippen molar-refractivity contribution >= 4 is 11.6 Å². The highest BCUT2D eigenvalue weighted by Crippen LogP contribution is 2.14. The molecule has 3 heteroatoms.